The first-order valence-corrected chi connectivity index (χ1v) is 10.8. The molecule has 0 bridgehead atoms. The number of fused-ring (bicyclic) bond motifs is 1. The van der Waals surface area contributed by atoms with Crippen molar-refractivity contribution in [3.8, 4) is 11.4 Å². The van der Waals surface area contributed by atoms with Gasteiger partial charge in [-0.1, -0.05) is 41.9 Å². The highest BCUT2D eigenvalue weighted by molar-refractivity contribution is 7.13. The fourth-order valence-electron chi connectivity index (χ4n) is 3.32. The van der Waals surface area contributed by atoms with Gasteiger partial charge in [0.2, 0.25) is 6.10 Å². The smallest absolute Gasteiger partial charge is 0.429 e. The summed E-state index contributed by atoms with van der Waals surface area (Å²) < 4.78 is 51.7. The molecule has 34 heavy (non-hydrogen) atoms. The summed E-state index contributed by atoms with van der Waals surface area (Å²) in [5.41, 5.74) is -2.04. The molecular weight excluding hydrogens is 497 g/mol. The SMILES string of the molecule is COC(=O)c1scc2[nH]c(=O)n(-c3cc(OC(c4ccccc4)C(F)(F)F)ccc3Cl)c(=O)c12. The molecule has 0 aliphatic rings. The summed E-state index contributed by atoms with van der Waals surface area (Å²) in [5, 5.41) is 1.19. The van der Waals surface area contributed by atoms with E-state index in [2.05, 4.69) is 9.72 Å². The minimum atomic E-state index is -4.75. The summed E-state index contributed by atoms with van der Waals surface area (Å²) in [6.07, 6.45) is -7.05. The number of ether oxygens (including phenoxy) is 2. The summed E-state index contributed by atoms with van der Waals surface area (Å²) in [6, 6.07) is 10.4. The van der Waals surface area contributed by atoms with Crippen molar-refractivity contribution >= 4 is 39.8 Å². The first-order chi connectivity index (χ1) is 16.1. The molecule has 4 rings (SSSR count). The quantitative estimate of drug-likeness (QED) is 0.387. The van der Waals surface area contributed by atoms with E-state index in [1.54, 1.807) is 6.07 Å². The van der Waals surface area contributed by atoms with Gasteiger partial charge in [-0.2, -0.15) is 13.2 Å². The number of rotatable bonds is 5. The predicted molar refractivity (Wildman–Crippen MR) is 120 cm³/mol. The predicted octanol–water partition coefficient (Wildman–Crippen LogP) is 4.86. The third kappa shape index (κ3) is 4.31. The van der Waals surface area contributed by atoms with Crippen molar-refractivity contribution < 1.29 is 27.4 Å². The zero-order chi connectivity index (χ0) is 24.6. The molecule has 0 saturated carbocycles. The number of carbonyl (C=O) groups excluding carboxylic acids is 1. The number of hydrogen-bond donors (Lipinski definition) is 1. The van der Waals surface area contributed by atoms with Gasteiger partial charge < -0.3 is 14.5 Å². The summed E-state index contributed by atoms with van der Waals surface area (Å²) in [4.78, 5) is 40.3. The van der Waals surface area contributed by atoms with Gasteiger partial charge in [-0.15, -0.1) is 11.3 Å². The third-order valence-electron chi connectivity index (χ3n) is 4.84. The lowest BCUT2D eigenvalue weighted by Gasteiger charge is -2.22. The van der Waals surface area contributed by atoms with Crippen LogP contribution in [-0.4, -0.2) is 28.8 Å². The van der Waals surface area contributed by atoms with E-state index < -0.39 is 29.5 Å². The number of carbonyl (C=O) groups is 1. The number of thiophene rings is 1. The lowest BCUT2D eigenvalue weighted by molar-refractivity contribution is -0.198. The largest absolute Gasteiger partial charge is 0.476 e. The van der Waals surface area contributed by atoms with E-state index in [1.165, 1.54) is 41.8 Å². The van der Waals surface area contributed by atoms with Crippen LogP contribution >= 0.6 is 22.9 Å². The Labute approximate surface area is 197 Å². The minimum Gasteiger partial charge on any atom is -0.476 e. The van der Waals surface area contributed by atoms with Gasteiger partial charge in [0.1, 0.15) is 10.6 Å². The lowest BCUT2D eigenvalue weighted by atomic mass is 10.1. The third-order valence-corrected chi connectivity index (χ3v) is 6.12. The van der Waals surface area contributed by atoms with Crippen molar-refractivity contribution in [3.63, 3.8) is 0 Å². The number of methoxy groups -OCH3 is 1. The maximum atomic E-state index is 13.7. The first kappa shape index (κ1) is 23.6. The van der Waals surface area contributed by atoms with Crippen LogP contribution in [0.5, 0.6) is 5.75 Å². The number of esters is 1. The van der Waals surface area contributed by atoms with Gasteiger partial charge in [-0.3, -0.25) is 4.79 Å². The minimum absolute atomic E-state index is 0.0442. The van der Waals surface area contributed by atoms with Crippen molar-refractivity contribution in [2.75, 3.05) is 7.11 Å². The van der Waals surface area contributed by atoms with Crippen molar-refractivity contribution in [1.29, 1.82) is 0 Å². The van der Waals surface area contributed by atoms with Crippen molar-refractivity contribution in [2.24, 2.45) is 0 Å². The lowest BCUT2D eigenvalue weighted by Crippen LogP contribution is -2.34. The summed E-state index contributed by atoms with van der Waals surface area (Å²) in [6.45, 7) is 0. The van der Waals surface area contributed by atoms with Crippen LogP contribution in [0.25, 0.3) is 16.6 Å². The number of nitrogens with zero attached hydrogens (tertiary/aromatic N) is 1. The molecule has 0 aliphatic heterocycles. The topological polar surface area (TPSA) is 90.4 Å². The van der Waals surface area contributed by atoms with Crippen LogP contribution in [0.3, 0.4) is 0 Å². The number of aromatic amines is 1. The Kier molecular flexibility index (Phi) is 6.24. The molecule has 4 aromatic rings. The Morgan fingerprint density at radius 3 is 2.50 bits per heavy atom. The van der Waals surface area contributed by atoms with E-state index >= 15 is 0 Å². The van der Waals surface area contributed by atoms with E-state index in [1.807, 2.05) is 0 Å². The Hall–Kier alpha value is -3.57. The summed E-state index contributed by atoms with van der Waals surface area (Å²) >= 11 is 7.09. The fraction of sp³-hybridized carbons (Fsp3) is 0.136. The number of benzene rings is 2. The highest BCUT2D eigenvalue weighted by Gasteiger charge is 2.43. The standard InChI is InChI=1S/C22H14ClF3N2O5S/c1-32-20(30)17-16-14(10-34-17)27-21(31)28(19(16)29)15-9-12(7-8-13(15)23)33-18(22(24,25)26)11-5-3-2-4-6-11/h2-10,18H,1H3,(H,27,31). The highest BCUT2D eigenvalue weighted by atomic mass is 35.5. The molecule has 0 spiro atoms. The summed E-state index contributed by atoms with van der Waals surface area (Å²) in [5.74, 6) is -1.06. The second kappa shape index (κ2) is 8.99. The van der Waals surface area contributed by atoms with E-state index in [4.69, 9.17) is 16.3 Å². The fourth-order valence-corrected chi connectivity index (χ4v) is 4.43. The van der Waals surface area contributed by atoms with Gasteiger partial charge in [0, 0.05) is 17.0 Å². The van der Waals surface area contributed by atoms with Crippen LogP contribution < -0.4 is 16.0 Å². The molecule has 1 unspecified atom stereocenters. The summed E-state index contributed by atoms with van der Waals surface area (Å²) in [7, 11) is 1.14. The van der Waals surface area contributed by atoms with Gasteiger partial charge >= 0.3 is 17.8 Å². The molecule has 1 N–H and O–H groups in total. The van der Waals surface area contributed by atoms with Crippen LogP contribution in [0, 0.1) is 0 Å². The number of aromatic nitrogens is 2. The Morgan fingerprint density at radius 1 is 1.15 bits per heavy atom. The number of hydrogen-bond acceptors (Lipinski definition) is 6. The Balaban J connectivity index is 1.85. The monoisotopic (exact) mass is 510 g/mol. The molecule has 2 aromatic carbocycles. The second-order valence-electron chi connectivity index (χ2n) is 6.98. The molecule has 0 saturated heterocycles. The molecule has 2 aromatic heterocycles. The normalized spacial score (nSPS) is 12.5. The molecule has 7 nitrogen and oxygen atoms in total. The van der Waals surface area contributed by atoms with Crippen molar-refractivity contribution in [3.05, 3.63) is 90.2 Å². The van der Waals surface area contributed by atoms with Gasteiger partial charge in [0.15, 0.2) is 0 Å². The Bertz CT molecular complexity index is 1490. The molecule has 1 atom stereocenters. The second-order valence-corrected chi connectivity index (χ2v) is 8.27. The number of halogens is 4. The van der Waals surface area contributed by atoms with Crippen LogP contribution in [0.2, 0.25) is 5.02 Å². The molecule has 0 fully saturated rings. The number of alkyl halides is 3. The average Bonchev–Trinajstić information content (AvgIpc) is 3.22. The molecule has 0 amide bonds. The zero-order valence-corrected chi connectivity index (χ0v) is 18.8. The van der Waals surface area contributed by atoms with Crippen LogP contribution in [0.1, 0.15) is 21.3 Å². The Morgan fingerprint density at radius 2 is 1.85 bits per heavy atom. The zero-order valence-electron chi connectivity index (χ0n) is 17.2. The van der Waals surface area contributed by atoms with Gasteiger partial charge in [0.05, 0.1) is 28.7 Å². The van der Waals surface area contributed by atoms with E-state index in [9.17, 15) is 27.6 Å². The van der Waals surface area contributed by atoms with E-state index in [0.29, 0.717) is 4.57 Å². The van der Waals surface area contributed by atoms with Crippen molar-refractivity contribution in [1.82, 2.24) is 9.55 Å². The number of H-pyrrole nitrogens is 1. The number of nitrogens with one attached hydrogen (secondary N) is 1. The van der Waals surface area contributed by atoms with Gasteiger partial charge in [-0.05, 0) is 12.1 Å². The molecule has 0 radical (unpaired) electrons. The highest BCUT2D eigenvalue weighted by Crippen LogP contribution is 2.37. The van der Waals surface area contributed by atoms with Crippen molar-refractivity contribution in [2.45, 2.75) is 12.3 Å². The molecular formula is C22H14ClF3N2O5S. The average molecular weight is 511 g/mol. The van der Waals surface area contributed by atoms with Gasteiger partial charge in [0.25, 0.3) is 5.56 Å². The first-order valence-electron chi connectivity index (χ1n) is 9.55. The van der Waals surface area contributed by atoms with Crippen LogP contribution in [-0.2, 0) is 4.74 Å². The molecule has 2 heterocycles. The molecule has 176 valence electrons. The molecule has 0 aliphatic carbocycles. The van der Waals surface area contributed by atoms with Gasteiger partial charge in [-0.25, -0.2) is 14.2 Å². The molecule has 12 heteroatoms. The van der Waals surface area contributed by atoms with E-state index in [-0.39, 0.29) is 37.8 Å². The van der Waals surface area contributed by atoms with Crippen LogP contribution in [0.15, 0.2) is 63.5 Å². The maximum Gasteiger partial charge on any atom is 0.429 e. The maximum absolute atomic E-state index is 13.7. The van der Waals surface area contributed by atoms with Crippen LogP contribution in [0.4, 0.5) is 13.2 Å². The van der Waals surface area contributed by atoms with E-state index in [0.717, 1.165) is 24.5 Å².